The van der Waals surface area contributed by atoms with Crippen molar-refractivity contribution in [3.05, 3.63) is 29.5 Å². The molecular formula is C19H24N4O6S. The van der Waals surface area contributed by atoms with Crippen molar-refractivity contribution in [3.63, 3.8) is 0 Å². The Morgan fingerprint density at radius 3 is 2.57 bits per heavy atom. The third-order valence-electron chi connectivity index (χ3n) is 4.77. The zero-order valence-corrected chi connectivity index (χ0v) is 17.7. The summed E-state index contributed by atoms with van der Waals surface area (Å²) in [5, 5.41) is 3.84. The van der Waals surface area contributed by atoms with Gasteiger partial charge < -0.3 is 10.5 Å². The summed E-state index contributed by atoms with van der Waals surface area (Å²) in [7, 11) is -3.76. The largest absolute Gasteiger partial charge is 0.464 e. The smallest absolute Gasteiger partial charge is 0.327 e. The Labute approximate surface area is 173 Å². The summed E-state index contributed by atoms with van der Waals surface area (Å²) in [5.41, 5.74) is 5.64. The van der Waals surface area contributed by atoms with Crippen LogP contribution in [0.15, 0.2) is 18.2 Å². The number of benzene rings is 1. The van der Waals surface area contributed by atoms with Crippen molar-refractivity contribution in [2.75, 3.05) is 6.61 Å². The number of rotatable bonds is 8. The number of nitrogens with zero attached hydrogens (tertiary/aromatic N) is 2. The highest BCUT2D eigenvalue weighted by Gasteiger charge is 2.44. The summed E-state index contributed by atoms with van der Waals surface area (Å²) in [6, 6.07) is 4.18. The molecule has 1 aromatic heterocycles. The quantitative estimate of drug-likeness (QED) is 0.581. The average Bonchev–Trinajstić information content (AvgIpc) is 3.30. The van der Waals surface area contributed by atoms with Gasteiger partial charge in [0, 0.05) is 10.9 Å². The number of esters is 1. The minimum atomic E-state index is -3.76. The van der Waals surface area contributed by atoms with Crippen molar-refractivity contribution in [2.24, 2.45) is 17.6 Å². The number of hydrogen-bond donors (Lipinski definition) is 2. The molecule has 0 spiro atoms. The van der Waals surface area contributed by atoms with Crippen LogP contribution in [0.3, 0.4) is 0 Å². The fraction of sp³-hybridized carbons (Fsp3) is 0.474. The molecule has 2 atom stereocenters. The Balaban J connectivity index is 1.90. The highest BCUT2D eigenvalue weighted by atomic mass is 32.2. The van der Waals surface area contributed by atoms with Crippen LogP contribution in [0, 0.1) is 11.8 Å². The second-order valence-electron chi connectivity index (χ2n) is 7.91. The van der Waals surface area contributed by atoms with Crippen LogP contribution in [-0.4, -0.2) is 47.8 Å². The minimum Gasteiger partial charge on any atom is -0.464 e. The molecule has 1 aliphatic rings. The molecule has 0 saturated heterocycles. The zero-order chi connectivity index (χ0) is 22.2. The van der Waals surface area contributed by atoms with Crippen molar-refractivity contribution < 1.29 is 27.5 Å². The van der Waals surface area contributed by atoms with Gasteiger partial charge in [-0.3, -0.25) is 19.1 Å². The van der Waals surface area contributed by atoms with Crippen molar-refractivity contribution in [2.45, 2.75) is 39.0 Å². The molecule has 11 heteroatoms. The first-order valence-corrected chi connectivity index (χ1v) is 11.1. The molecule has 162 valence electrons. The molecule has 30 heavy (non-hydrogen) atoms. The number of ether oxygens (including phenoxy) is 1. The topological polar surface area (TPSA) is 150 Å². The number of carbonyl (C=O) groups is 3. The van der Waals surface area contributed by atoms with E-state index in [1.54, 1.807) is 6.92 Å². The predicted molar refractivity (Wildman–Crippen MR) is 108 cm³/mol. The molecule has 2 aromatic rings. The minimum absolute atomic E-state index is 0.00851. The summed E-state index contributed by atoms with van der Waals surface area (Å²) >= 11 is 0. The van der Waals surface area contributed by atoms with Gasteiger partial charge in [0.25, 0.3) is 11.8 Å². The van der Waals surface area contributed by atoms with Crippen LogP contribution in [0.1, 0.15) is 48.0 Å². The van der Waals surface area contributed by atoms with Gasteiger partial charge in [-0.25, -0.2) is 13.1 Å². The maximum Gasteiger partial charge on any atom is 0.327 e. The summed E-state index contributed by atoms with van der Waals surface area (Å²) in [6.07, 6.45) is 0.509. The Hall–Kier alpha value is -2.95. The zero-order valence-electron chi connectivity index (χ0n) is 16.9. The maximum absolute atomic E-state index is 12.5. The van der Waals surface area contributed by atoms with E-state index in [2.05, 4.69) is 9.82 Å². The van der Waals surface area contributed by atoms with E-state index in [9.17, 15) is 22.8 Å². The second-order valence-corrected chi connectivity index (χ2v) is 9.81. The molecular weight excluding hydrogens is 412 g/mol. The molecule has 0 bridgehead atoms. The number of amides is 2. The summed E-state index contributed by atoms with van der Waals surface area (Å²) in [5.74, 6) is -2.00. The fourth-order valence-corrected chi connectivity index (χ4v) is 4.73. The Bertz CT molecular complexity index is 1120. The normalized spacial score (nSPS) is 18.4. The van der Waals surface area contributed by atoms with Crippen LogP contribution in [0.25, 0.3) is 10.9 Å². The number of aromatic nitrogens is 2. The number of nitrogens with one attached hydrogen (secondary N) is 1. The maximum atomic E-state index is 12.5. The standard InChI is InChI=1S/C19H24N4O6S/c1-10(2)9-29-16(24)8-23-14-7-12(4-5-13(14)17(21-23)18(20)25)19(26)22-30(27,28)15-6-11(15)3/h4-5,7,10-11,15H,6,8-9H2,1-3H3,(H2,20,25)(H,22,26)/t11-,15?/m0/s1. The summed E-state index contributed by atoms with van der Waals surface area (Å²) in [4.78, 5) is 36.3. The molecule has 1 heterocycles. The van der Waals surface area contributed by atoms with Gasteiger partial charge in [0.05, 0.1) is 17.4 Å². The first-order chi connectivity index (χ1) is 14.0. The molecule has 1 aromatic carbocycles. The Morgan fingerprint density at radius 2 is 2.00 bits per heavy atom. The number of nitrogens with two attached hydrogens (primary N) is 1. The number of hydrogen-bond acceptors (Lipinski definition) is 7. The molecule has 1 aliphatic carbocycles. The summed E-state index contributed by atoms with van der Waals surface area (Å²) in [6.45, 7) is 5.51. The lowest BCUT2D eigenvalue weighted by Gasteiger charge is -2.09. The van der Waals surface area contributed by atoms with Crippen molar-refractivity contribution in [3.8, 4) is 0 Å². The fourth-order valence-electron chi connectivity index (χ4n) is 3.03. The average molecular weight is 436 g/mol. The number of fused-ring (bicyclic) bond motifs is 1. The van der Waals surface area contributed by atoms with Gasteiger partial charge in [0.15, 0.2) is 5.69 Å². The highest BCUT2D eigenvalue weighted by molar-refractivity contribution is 7.91. The number of carbonyl (C=O) groups excluding carboxylic acids is 3. The molecule has 10 nitrogen and oxygen atoms in total. The second kappa shape index (κ2) is 8.05. The Kier molecular flexibility index (Phi) is 5.84. The lowest BCUT2D eigenvalue weighted by molar-refractivity contribution is -0.145. The SMILES string of the molecule is CC(C)COC(=O)Cn1nc(C(N)=O)c2ccc(C(=O)NS(=O)(=O)C3C[C@@H]3C)cc21. The van der Waals surface area contributed by atoms with E-state index < -0.39 is 33.1 Å². The van der Waals surface area contributed by atoms with Crippen molar-refractivity contribution in [1.82, 2.24) is 14.5 Å². The first kappa shape index (κ1) is 21.8. The molecule has 0 aliphatic heterocycles. The lowest BCUT2D eigenvalue weighted by atomic mass is 10.1. The van der Waals surface area contributed by atoms with E-state index in [1.165, 1.54) is 22.9 Å². The molecule has 1 fully saturated rings. The van der Waals surface area contributed by atoms with Gasteiger partial charge in [-0.05, 0) is 36.5 Å². The highest BCUT2D eigenvalue weighted by Crippen LogP contribution is 2.35. The van der Waals surface area contributed by atoms with Crippen molar-refractivity contribution >= 4 is 38.7 Å². The van der Waals surface area contributed by atoms with E-state index in [0.717, 1.165) is 0 Å². The van der Waals surface area contributed by atoms with Crippen LogP contribution < -0.4 is 10.5 Å². The number of primary amides is 1. The van der Waals surface area contributed by atoms with Gasteiger partial charge >= 0.3 is 5.97 Å². The molecule has 1 unspecified atom stereocenters. The predicted octanol–water partition coefficient (Wildman–Crippen LogP) is 0.802. The van der Waals surface area contributed by atoms with E-state index >= 15 is 0 Å². The van der Waals surface area contributed by atoms with Gasteiger partial charge in [0.2, 0.25) is 10.0 Å². The third kappa shape index (κ3) is 4.61. The molecule has 0 radical (unpaired) electrons. The molecule has 3 N–H and O–H groups in total. The van der Waals surface area contributed by atoms with Gasteiger partial charge in [-0.1, -0.05) is 20.8 Å². The number of sulfonamides is 1. The van der Waals surface area contributed by atoms with E-state index in [0.29, 0.717) is 11.8 Å². The molecule has 1 saturated carbocycles. The van der Waals surface area contributed by atoms with Gasteiger partial charge in [-0.15, -0.1) is 0 Å². The lowest BCUT2D eigenvalue weighted by Crippen LogP contribution is -2.33. The first-order valence-electron chi connectivity index (χ1n) is 9.51. The van der Waals surface area contributed by atoms with Crippen LogP contribution in [-0.2, 0) is 26.1 Å². The van der Waals surface area contributed by atoms with E-state index in [4.69, 9.17) is 10.5 Å². The van der Waals surface area contributed by atoms with Crippen LogP contribution in [0.5, 0.6) is 0 Å². The van der Waals surface area contributed by atoms with Crippen LogP contribution in [0.2, 0.25) is 0 Å². The third-order valence-corrected chi connectivity index (χ3v) is 6.70. The Morgan fingerprint density at radius 1 is 1.33 bits per heavy atom. The molecule has 3 rings (SSSR count). The molecule has 2 amide bonds. The van der Waals surface area contributed by atoms with Gasteiger partial charge in [-0.2, -0.15) is 5.10 Å². The van der Waals surface area contributed by atoms with Crippen LogP contribution >= 0.6 is 0 Å². The van der Waals surface area contributed by atoms with Crippen LogP contribution in [0.4, 0.5) is 0 Å². The monoisotopic (exact) mass is 436 g/mol. The van der Waals surface area contributed by atoms with Gasteiger partial charge in [0.1, 0.15) is 6.54 Å². The van der Waals surface area contributed by atoms with Crippen molar-refractivity contribution in [1.29, 1.82) is 0 Å². The van der Waals surface area contributed by atoms with E-state index in [1.807, 2.05) is 13.8 Å². The summed E-state index contributed by atoms with van der Waals surface area (Å²) < 4.78 is 32.8. The van der Waals surface area contributed by atoms with E-state index in [-0.39, 0.29) is 41.8 Å².